The molecular formula is C37H39FN4O3. The number of carbonyl (C=O) groups excluding carboxylic acids is 3. The van der Waals surface area contributed by atoms with Gasteiger partial charge in [0, 0.05) is 49.7 Å². The van der Waals surface area contributed by atoms with E-state index in [1.807, 2.05) is 67.3 Å². The summed E-state index contributed by atoms with van der Waals surface area (Å²) in [7, 11) is 0. The summed E-state index contributed by atoms with van der Waals surface area (Å²) in [5, 5.41) is 5.87. The van der Waals surface area contributed by atoms with Crippen LogP contribution in [0.2, 0.25) is 0 Å². The molecule has 1 saturated heterocycles. The van der Waals surface area contributed by atoms with Gasteiger partial charge in [-0.05, 0) is 73.4 Å². The molecule has 1 heterocycles. The van der Waals surface area contributed by atoms with Crippen LogP contribution in [0, 0.1) is 12.7 Å². The standard InChI is InChI=1S/C37H39FN4O3/c1-3-32(28-8-5-4-6-9-28)37(45)42-21-7-20-41(22-23-42)34-19-18-31(40-35(43)29-14-10-26(2)11-15-29)24-33(34)36(44)39-25-27-12-16-30(38)17-13-27/h4-6,8-19,24,32H,3,7,20-23,25H2,1-2H3,(H,39,44)(H,40,43)/t32-/m0/s1. The quantitative estimate of drug-likeness (QED) is 0.227. The Morgan fingerprint density at radius 3 is 2.27 bits per heavy atom. The van der Waals surface area contributed by atoms with E-state index < -0.39 is 0 Å². The minimum absolute atomic E-state index is 0.122. The van der Waals surface area contributed by atoms with Crippen molar-refractivity contribution in [3.63, 3.8) is 0 Å². The number of halogens is 1. The third-order valence-electron chi connectivity index (χ3n) is 8.24. The zero-order chi connectivity index (χ0) is 31.8. The Labute approximate surface area is 264 Å². The lowest BCUT2D eigenvalue weighted by atomic mass is 9.95. The summed E-state index contributed by atoms with van der Waals surface area (Å²) >= 11 is 0. The molecule has 5 rings (SSSR count). The molecule has 0 spiro atoms. The smallest absolute Gasteiger partial charge is 0.255 e. The van der Waals surface area contributed by atoms with E-state index in [-0.39, 0.29) is 36.0 Å². The van der Waals surface area contributed by atoms with Crippen LogP contribution >= 0.6 is 0 Å². The fourth-order valence-corrected chi connectivity index (χ4v) is 5.70. The molecule has 1 fully saturated rings. The van der Waals surface area contributed by atoms with Gasteiger partial charge in [0.2, 0.25) is 5.91 Å². The van der Waals surface area contributed by atoms with Crippen molar-refractivity contribution in [2.45, 2.75) is 39.2 Å². The Bertz CT molecular complexity index is 1620. The van der Waals surface area contributed by atoms with Crippen LogP contribution in [0.25, 0.3) is 0 Å². The first-order valence-corrected chi connectivity index (χ1v) is 15.5. The van der Waals surface area contributed by atoms with Crippen LogP contribution in [0.1, 0.15) is 63.1 Å². The molecule has 0 saturated carbocycles. The molecule has 2 N–H and O–H groups in total. The van der Waals surface area contributed by atoms with Crippen molar-refractivity contribution in [3.8, 4) is 0 Å². The number of hydrogen-bond acceptors (Lipinski definition) is 4. The molecule has 1 atom stereocenters. The fourth-order valence-electron chi connectivity index (χ4n) is 5.70. The molecule has 0 unspecified atom stereocenters. The van der Waals surface area contributed by atoms with Crippen molar-refractivity contribution in [1.29, 1.82) is 0 Å². The van der Waals surface area contributed by atoms with Crippen LogP contribution in [-0.4, -0.2) is 48.8 Å². The summed E-state index contributed by atoms with van der Waals surface area (Å²) in [4.78, 5) is 44.3. The van der Waals surface area contributed by atoms with Gasteiger partial charge in [0.15, 0.2) is 0 Å². The van der Waals surface area contributed by atoms with Gasteiger partial charge in [0.25, 0.3) is 11.8 Å². The SMILES string of the molecule is CC[C@H](C(=O)N1CCCN(c2ccc(NC(=O)c3ccc(C)cc3)cc2C(=O)NCc2ccc(F)cc2)CC1)c1ccccc1. The predicted octanol–water partition coefficient (Wildman–Crippen LogP) is 6.55. The van der Waals surface area contributed by atoms with Crippen molar-refractivity contribution < 1.29 is 18.8 Å². The summed E-state index contributed by atoms with van der Waals surface area (Å²) in [6, 6.07) is 28.5. The molecule has 8 heteroatoms. The molecule has 1 aliphatic heterocycles. The number of benzene rings is 4. The van der Waals surface area contributed by atoms with Gasteiger partial charge < -0.3 is 20.4 Å². The van der Waals surface area contributed by atoms with Gasteiger partial charge in [-0.3, -0.25) is 14.4 Å². The minimum atomic E-state index is -0.341. The summed E-state index contributed by atoms with van der Waals surface area (Å²) < 4.78 is 13.4. The zero-order valence-electron chi connectivity index (χ0n) is 25.8. The Hall–Kier alpha value is -4.98. The number of aryl methyl sites for hydroxylation is 1. The molecule has 45 heavy (non-hydrogen) atoms. The van der Waals surface area contributed by atoms with Crippen LogP contribution in [0.4, 0.5) is 15.8 Å². The van der Waals surface area contributed by atoms with E-state index in [1.165, 1.54) is 12.1 Å². The summed E-state index contributed by atoms with van der Waals surface area (Å²) in [6.07, 6.45) is 1.47. The predicted molar refractivity (Wildman–Crippen MR) is 176 cm³/mol. The third kappa shape index (κ3) is 7.95. The van der Waals surface area contributed by atoms with Crippen LogP contribution in [-0.2, 0) is 11.3 Å². The first-order valence-electron chi connectivity index (χ1n) is 15.5. The number of nitrogens with one attached hydrogen (secondary N) is 2. The van der Waals surface area contributed by atoms with E-state index in [4.69, 9.17) is 0 Å². The number of hydrogen-bond donors (Lipinski definition) is 2. The third-order valence-corrected chi connectivity index (χ3v) is 8.24. The van der Waals surface area contributed by atoms with E-state index in [9.17, 15) is 18.8 Å². The second-order valence-electron chi connectivity index (χ2n) is 11.4. The molecule has 4 aromatic rings. The van der Waals surface area contributed by atoms with Crippen molar-refractivity contribution >= 4 is 29.1 Å². The normalized spacial score (nSPS) is 13.9. The van der Waals surface area contributed by atoms with E-state index >= 15 is 0 Å². The highest BCUT2D eigenvalue weighted by molar-refractivity contribution is 6.06. The molecule has 0 radical (unpaired) electrons. The van der Waals surface area contributed by atoms with Gasteiger partial charge in [0.1, 0.15) is 5.82 Å². The Morgan fingerprint density at radius 1 is 0.822 bits per heavy atom. The lowest BCUT2D eigenvalue weighted by molar-refractivity contribution is -0.132. The second-order valence-corrected chi connectivity index (χ2v) is 11.4. The van der Waals surface area contributed by atoms with Crippen LogP contribution in [0.15, 0.2) is 97.1 Å². The average Bonchev–Trinajstić information content (AvgIpc) is 3.32. The highest BCUT2D eigenvalue weighted by atomic mass is 19.1. The Kier molecular flexibility index (Phi) is 10.2. The maximum absolute atomic E-state index is 13.6. The van der Waals surface area contributed by atoms with Gasteiger partial charge >= 0.3 is 0 Å². The van der Waals surface area contributed by atoms with E-state index in [1.54, 1.807) is 36.4 Å². The highest BCUT2D eigenvalue weighted by Gasteiger charge is 2.27. The summed E-state index contributed by atoms with van der Waals surface area (Å²) in [6.45, 7) is 6.61. The Balaban J connectivity index is 1.36. The van der Waals surface area contributed by atoms with E-state index in [2.05, 4.69) is 15.5 Å². The number of anilines is 2. The van der Waals surface area contributed by atoms with E-state index in [0.717, 1.165) is 35.2 Å². The van der Waals surface area contributed by atoms with Crippen LogP contribution in [0.3, 0.4) is 0 Å². The molecular weight excluding hydrogens is 567 g/mol. The largest absolute Gasteiger partial charge is 0.369 e. The van der Waals surface area contributed by atoms with Crippen molar-refractivity contribution in [2.75, 3.05) is 36.4 Å². The molecule has 1 aliphatic rings. The molecule has 3 amide bonds. The summed E-state index contributed by atoms with van der Waals surface area (Å²) in [5.41, 5.74) is 5.00. The van der Waals surface area contributed by atoms with Gasteiger partial charge in [-0.1, -0.05) is 67.1 Å². The Morgan fingerprint density at radius 2 is 1.56 bits per heavy atom. The maximum atomic E-state index is 13.6. The first-order chi connectivity index (χ1) is 21.8. The number of nitrogens with zero attached hydrogens (tertiary/aromatic N) is 2. The van der Waals surface area contributed by atoms with Crippen LogP contribution in [0.5, 0.6) is 0 Å². The highest BCUT2D eigenvalue weighted by Crippen LogP contribution is 2.28. The van der Waals surface area contributed by atoms with Crippen molar-refractivity contribution in [2.24, 2.45) is 0 Å². The molecule has 0 bridgehead atoms. The molecule has 232 valence electrons. The second kappa shape index (κ2) is 14.7. The molecule has 7 nitrogen and oxygen atoms in total. The van der Waals surface area contributed by atoms with Gasteiger partial charge in [-0.2, -0.15) is 0 Å². The number of rotatable bonds is 9. The van der Waals surface area contributed by atoms with Gasteiger partial charge in [-0.25, -0.2) is 4.39 Å². The van der Waals surface area contributed by atoms with Crippen molar-refractivity contribution in [1.82, 2.24) is 10.2 Å². The van der Waals surface area contributed by atoms with Crippen LogP contribution < -0.4 is 15.5 Å². The molecule has 0 aromatic heterocycles. The molecule has 0 aliphatic carbocycles. The van der Waals surface area contributed by atoms with Gasteiger partial charge in [0.05, 0.1) is 11.5 Å². The van der Waals surface area contributed by atoms with Crippen molar-refractivity contribution in [3.05, 3.63) is 131 Å². The van der Waals surface area contributed by atoms with E-state index in [0.29, 0.717) is 43.0 Å². The summed E-state index contributed by atoms with van der Waals surface area (Å²) in [5.74, 6) is -0.993. The lowest BCUT2D eigenvalue weighted by Crippen LogP contribution is -2.38. The lowest BCUT2D eigenvalue weighted by Gasteiger charge is -2.28. The maximum Gasteiger partial charge on any atom is 0.255 e. The first kappa shape index (κ1) is 31.4. The monoisotopic (exact) mass is 606 g/mol. The number of carbonyl (C=O) groups is 3. The average molecular weight is 607 g/mol. The number of amides is 3. The minimum Gasteiger partial charge on any atom is -0.369 e. The fraction of sp³-hybridized carbons (Fsp3) is 0.270. The molecule has 4 aromatic carbocycles. The topological polar surface area (TPSA) is 81.8 Å². The zero-order valence-corrected chi connectivity index (χ0v) is 25.8. The van der Waals surface area contributed by atoms with Gasteiger partial charge in [-0.15, -0.1) is 0 Å².